The predicted octanol–water partition coefficient (Wildman–Crippen LogP) is 6.38. The van der Waals surface area contributed by atoms with E-state index in [1.54, 1.807) is 0 Å². The lowest BCUT2D eigenvalue weighted by molar-refractivity contribution is 0.102. The van der Waals surface area contributed by atoms with Crippen molar-refractivity contribution in [1.29, 1.82) is 5.26 Å². The summed E-state index contributed by atoms with van der Waals surface area (Å²) in [5, 5.41) is 13.0. The highest BCUT2D eigenvalue weighted by Crippen LogP contribution is 2.35. The second kappa shape index (κ2) is 9.78. The molecule has 1 unspecified atom stereocenters. The molecule has 4 rings (SSSR count). The van der Waals surface area contributed by atoms with Crippen molar-refractivity contribution >= 4 is 33.9 Å². The number of unbranched alkanes of at least 4 members (excludes halogenated alkanes) is 2. The van der Waals surface area contributed by atoms with Gasteiger partial charge in [-0.05, 0) is 49.2 Å². The van der Waals surface area contributed by atoms with E-state index in [4.69, 9.17) is 9.97 Å². The topological polar surface area (TPSA) is 83.6 Å². The van der Waals surface area contributed by atoms with Crippen molar-refractivity contribution < 1.29 is 9.18 Å². The average molecular weight is 444 g/mol. The van der Waals surface area contributed by atoms with Gasteiger partial charge in [0.15, 0.2) is 5.65 Å². The van der Waals surface area contributed by atoms with E-state index in [0.717, 1.165) is 37.6 Å². The van der Waals surface area contributed by atoms with E-state index in [1.807, 2.05) is 28.8 Å². The summed E-state index contributed by atoms with van der Waals surface area (Å²) in [4.78, 5) is 22.6. The largest absolute Gasteiger partial charge is 0.307 e. The molecule has 7 heteroatoms. The van der Waals surface area contributed by atoms with E-state index in [2.05, 4.69) is 25.2 Å². The Kier molecular flexibility index (Phi) is 6.64. The van der Waals surface area contributed by atoms with Crippen LogP contribution in [0.25, 0.3) is 22.2 Å². The minimum atomic E-state index is -0.416. The number of carbonyl (C=O) groups excluding carboxylic acids is 1. The number of nitriles is 1. The molecule has 2 aromatic carbocycles. The summed E-state index contributed by atoms with van der Waals surface area (Å²) in [6.07, 6.45) is 4.94. The summed E-state index contributed by atoms with van der Waals surface area (Å²) < 4.78 is 15.3. The van der Waals surface area contributed by atoms with Crippen LogP contribution in [-0.2, 0) is 0 Å². The maximum absolute atomic E-state index is 13.3. The second-order valence-corrected chi connectivity index (χ2v) is 8.11. The predicted molar refractivity (Wildman–Crippen MR) is 128 cm³/mol. The minimum Gasteiger partial charge on any atom is -0.307 e. The van der Waals surface area contributed by atoms with Gasteiger partial charge >= 0.3 is 0 Å². The van der Waals surface area contributed by atoms with Crippen LogP contribution >= 0.6 is 0 Å². The molecule has 0 aliphatic heterocycles. The Bertz CT molecular complexity index is 1340. The molecule has 0 saturated carbocycles. The van der Waals surface area contributed by atoms with E-state index in [-0.39, 0.29) is 11.6 Å². The molecule has 0 spiro atoms. The number of para-hydroxylation sites is 2. The number of carbonyl (C=O) groups is 1. The first kappa shape index (κ1) is 22.4. The number of hydrogen-bond acceptors (Lipinski definition) is 4. The van der Waals surface area contributed by atoms with Gasteiger partial charge in [-0.15, -0.1) is 0 Å². The summed E-state index contributed by atoms with van der Waals surface area (Å²) in [7, 11) is 0. The first-order valence-electron chi connectivity index (χ1n) is 11.3. The fourth-order valence-electron chi connectivity index (χ4n) is 4.18. The number of fused-ring (bicyclic) bond motifs is 2. The highest BCUT2D eigenvalue weighted by molar-refractivity contribution is 6.06. The van der Waals surface area contributed by atoms with Crippen LogP contribution in [0, 0.1) is 17.1 Å². The molecule has 0 aliphatic carbocycles. The molecule has 0 bridgehead atoms. The molecule has 4 aromatic rings. The standard InChI is InChI=1S/C26H26FN5O/c1-3-5-6-9-19(4-2)32-24(31-26(33)17-12-14-18(27)15-13-17)20(16-28)23-25(32)30-22-11-8-7-10-21(22)29-23/h7-8,10-15,19H,3-6,9H2,1-2H3,(H,31,33). The zero-order chi connectivity index (χ0) is 23.4. The summed E-state index contributed by atoms with van der Waals surface area (Å²) in [6.45, 7) is 4.25. The van der Waals surface area contributed by atoms with Crippen molar-refractivity contribution in [3.63, 3.8) is 0 Å². The Hall–Kier alpha value is -3.79. The van der Waals surface area contributed by atoms with Gasteiger partial charge in [-0.25, -0.2) is 14.4 Å². The molecular formula is C26H26FN5O. The van der Waals surface area contributed by atoms with Crippen molar-refractivity contribution in [2.45, 2.75) is 52.0 Å². The molecule has 0 fully saturated rings. The average Bonchev–Trinajstić information content (AvgIpc) is 3.12. The molecular weight excluding hydrogens is 417 g/mol. The number of hydrogen-bond donors (Lipinski definition) is 1. The fraction of sp³-hybridized carbons (Fsp3) is 0.308. The van der Waals surface area contributed by atoms with Crippen LogP contribution in [0.4, 0.5) is 10.2 Å². The number of halogens is 1. The van der Waals surface area contributed by atoms with Gasteiger partial charge in [0.25, 0.3) is 5.91 Å². The smallest absolute Gasteiger partial charge is 0.256 e. The highest BCUT2D eigenvalue weighted by Gasteiger charge is 2.26. The Morgan fingerprint density at radius 3 is 2.42 bits per heavy atom. The van der Waals surface area contributed by atoms with Gasteiger partial charge in [-0.2, -0.15) is 5.26 Å². The van der Waals surface area contributed by atoms with E-state index in [0.29, 0.717) is 28.1 Å². The number of aromatic nitrogens is 3. The summed E-state index contributed by atoms with van der Waals surface area (Å²) in [6, 6.07) is 15.1. The third-order valence-corrected chi connectivity index (χ3v) is 5.92. The number of nitrogens with zero attached hydrogens (tertiary/aromatic N) is 4. The van der Waals surface area contributed by atoms with Gasteiger partial charge in [0, 0.05) is 11.6 Å². The first-order chi connectivity index (χ1) is 16.1. The molecule has 1 amide bonds. The van der Waals surface area contributed by atoms with Gasteiger partial charge in [0.2, 0.25) is 0 Å². The van der Waals surface area contributed by atoms with E-state index >= 15 is 0 Å². The molecule has 6 nitrogen and oxygen atoms in total. The van der Waals surface area contributed by atoms with Crippen LogP contribution in [0.1, 0.15) is 67.9 Å². The number of nitrogens with one attached hydrogen (secondary N) is 1. The van der Waals surface area contributed by atoms with Gasteiger partial charge in [-0.1, -0.05) is 45.2 Å². The van der Waals surface area contributed by atoms with E-state index in [9.17, 15) is 14.4 Å². The molecule has 33 heavy (non-hydrogen) atoms. The lowest BCUT2D eigenvalue weighted by Crippen LogP contribution is -2.19. The van der Waals surface area contributed by atoms with Crippen molar-refractivity contribution in [3.8, 4) is 6.07 Å². The number of benzene rings is 2. The zero-order valence-electron chi connectivity index (χ0n) is 18.8. The lowest BCUT2D eigenvalue weighted by Gasteiger charge is -2.21. The Balaban J connectivity index is 1.90. The van der Waals surface area contributed by atoms with Crippen molar-refractivity contribution in [1.82, 2.24) is 14.5 Å². The van der Waals surface area contributed by atoms with Gasteiger partial charge in [-0.3, -0.25) is 4.79 Å². The van der Waals surface area contributed by atoms with Crippen LogP contribution in [0.15, 0.2) is 48.5 Å². The third-order valence-electron chi connectivity index (χ3n) is 5.92. The number of amides is 1. The van der Waals surface area contributed by atoms with Crippen molar-refractivity contribution in [2.24, 2.45) is 0 Å². The summed E-state index contributed by atoms with van der Waals surface area (Å²) >= 11 is 0. The number of rotatable bonds is 8. The van der Waals surface area contributed by atoms with Crippen molar-refractivity contribution in [3.05, 3.63) is 65.5 Å². The molecule has 0 saturated heterocycles. The second-order valence-electron chi connectivity index (χ2n) is 8.11. The van der Waals surface area contributed by atoms with Crippen LogP contribution in [0.3, 0.4) is 0 Å². The molecule has 2 aromatic heterocycles. The van der Waals surface area contributed by atoms with Crippen molar-refractivity contribution in [2.75, 3.05) is 5.32 Å². The fourth-order valence-corrected chi connectivity index (χ4v) is 4.18. The van der Waals surface area contributed by atoms with E-state index in [1.165, 1.54) is 24.3 Å². The molecule has 0 aliphatic rings. The molecule has 168 valence electrons. The zero-order valence-corrected chi connectivity index (χ0v) is 18.8. The molecule has 1 N–H and O–H groups in total. The monoisotopic (exact) mass is 443 g/mol. The molecule has 1 atom stereocenters. The third kappa shape index (κ3) is 4.42. The van der Waals surface area contributed by atoms with Gasteiger partial charge in [0.05, 0.1) is 11.0 Å². The maximum atomic E-state index is 13.3. The first-order valence-corrected chi connectivity index (χ1v) is 11.3. The van der Waals surface area contributed by atoms with E-state index < -0.39 is 11.7 Å². The Labute approximate surface area is 192 Å². The molecule has 2 heterocycles. The van der Waals surface area contributed by atoms with Crippen LogP contribution < -0.4 is 5.32 Å². The Morgan fingerprint density at radius 2 is 1.79 bits per heavy atom. The highest BCUT2D eigenvalue weighted by atomic mass is 19.1. The maximum Gasteiger partial charge on any atom is 0.256 e. The SMILES string of the molecule is CCCCCC(CC)n1c(NC(=O)c2ccc(F)cc2)c(C#N)c2nc3ccccc3nc21. The summed E-state index contributed by atoms with van der Waals surface area (Å²) in [5.74, 6) is -0.440. The van der Waals surface area contributed by atoms with Gasteiger partial charge < -0.3 is 9.88 Å². The number of anilines is 1. The van der Waals surface area contributed by atoms with Crippen LogP contribution in [-0.4, -0.2) is 20.4 Å². The van der Waals surface area contributed by atoms with Crippen LogP contribution in [0.2, 0.25) is 0 Å². The van der Waals surface area contributed by atoms with Gasteiger partial charge in [0.1, 0.15) is 28.8 Å². The quantitative estimate of drug-likeness (QED) is 0.320. The summed E-state index contributed by atoms with van der Waals surface area (Å²) in [5.41, 5.74) is 3.07. The van der Waals surface area contributed by atoms with Crippen LogP contribution in [0.5, 0.6) is 0 Å². The Morgan fingerprint density at radius 1 is 1.09 bits per heavy atom. The normalized spacial score (nSPS) is 12.1. The minimum absolute atomic E-state index is 0.0418. The lowest BCUT2D eigenvalue weighted by atomic mass is 10.1. The molecule has 0 radical (unpaired) electrons.